The summed E-state index contributed by atoms with van der Waals surface area (Å²) in [6, 6.07) is 5.83. The summed E-state index contributed by atoms with van der Waals surface area (Å²) in [6.45, 7) is 4.13. The maximum atomic E-state index is 11.9. The van der Waals surface area contributed by atoms with E-state index in [1.807, 2.05) is 32.0 Å². The minimum atomic E-state index is -0.327. The van der Waals surface area contributed by atoms with Gasteiger partial charge in [-0.05, 0) is 37.1 Å². The fraction of sp³-hybridized carbons (Fsp3) is 0.231. The van der Waals surface area contributed by atoms with Crippen molar-refractivity contribution in [1.29, 1.82) is 0 Å². The van der Waals surface area contributed by atoms with E-state index >= 15 is 0 Å². The second-order valence-electron chi connectivity index (χ2n) is 4.15. The Morgan fingerprint density at radius 1 is 1.33 bits per heavy atom. The average Bonchev–Trinajstić information content (AvgIpc) is 2.75. The summed E-state index contributed by atoms with van der Waals surface area (Å²) in [5.41, 5.74) is 8.28. The predicted octanol–water partition coefficient (Wildman–Crippen LogP) is 2.00. The molecule has 1 aromatic heterocycles. The lowest BCUT2D eigenvalue weighted by Crippen LogP contribution is -2.11. The molecule has 3 N–H and O–H groups in total. The fourth-order valence-corrected chi connectivity index (χ4v) is 1.75. The van der Waals surface area contributed by atoms with Gasteiger partial charge in [0.1, 0.15) is 0 Å². The summed E-state index contributed by atoms with van der Waals surface area (Å²) in [7, 11) is 0. The maximum absolute atomic E-state index is 11.9. The van der Waals surface area contributed by atoms with Gasteiger partial charge in [0.25, 0.3) is 5.91 Å². The summed E-state index contributed by atoms with van der Waals surface area (Å²) in [4.78, 5) is 15.8. The van der Waals surface area contributed by atoms with E-state index in [0.717, 1.165) is 16.8 Å². The van der Waals surface area contributed by atoms with E-state index in [4.69, 9.17) is 10.2 Å². The number of amides is 1. The Balaban J connectivity index is 2.15. The minimum absolute atomic E-state index is 0.162. The first kappa shape index (κ1) is 12.3. The van der Waals surface area contributed by atoms with Gasteiger partial charge in [0, 0.05) is 5.69 Å². The second-order valence-corrected chi connectivity index (χ2v) is 4.15. The molecule has 1 heterocycles. The molecule has 0 atom stereocenters. The van der Waals surface area contributed by atoms with Crippen LogP contribution < -0.4 is 11.1 Å². The lowest BCUT2D eigenvalue weighted by molar-refractivity contribution is 0.0995. The summed E-state index contributed by atoms with van der Waals surface area (Å²) in [5, 5.41) is 2.76. The molecule has 5 nitrogen and oxygen atoms in total. The van der Waals surface area contributed by atoms with Gasteiger partial charge in [0.05, 0.1) is 12.7 Å². The van der Waals surface area contributed by atoms with E-state index in [-0.39, 0.29) is 18.2 Å². The molecule has 0 aliphatic carbocycles. The second kappa shape index (κ2) is 5.01. The van der Waals surface area contributed by atoms with Crippen LogP contribution in [0.3, 0.4) is 0 Å². The number of nitrogens with zero attached hydrogens (tertiary/aromatic N) is 1. The number of carbonyl (C=O) groups excluding carboxylic acids is 1. The number of benzene rings is 1. The smallest absolute Gasteiger partial charge is 0.293 e. The minimum Gasteiger partial charge on any atom is -0.434 e. The SMILES string of the molecule is Cc1cc(C)cc(NC(=O)c2cnc(CN)o2)c1. The Hall–Kier alpha value is -2.14. The molecule has 5 heteroatoms. The molecule has 2 aromatic rings. The van der Waals surface area contributed by atoms with Crippen LogP contribution >= 0.6 is 0 Å². The van der Waals surface area contributed by atoms with Crippen molar-refractivity contribution in [2.24, 2.45) is 5.73 Å². The normalized spacial score (nSPS) is 10.4. The van der Waals surface area contributed by atoms with Crippen LogP contribution in [0.25, 0.3) is 0 Å². The monoisotopic (exact) mass is 245 g/mol. The van der Waals surface area contributed by atoms with Gasteiger partial charge >= 0.3 is 0 Å². The molecule has 0 radical (unpaired) electrons. The zero-order valence-corrected chi connectivity index (χ0v) is 10.4. The predicted molar refractivity (Wildman–Crippen MR) is 68.3 cm³/mol. The van der Waals surface area contributed by atoms with Crippen LogP contribution in [0.2, 0.25) is 0 Å². The van der Waals surface area contributed by atoms with Gasteiger partial charge in [-0.3, -0.25) is 4.79 Å². The molecule has 18 heavy (non-hydrogen) atoms. The lowest BCUT2D eigenvalue weighted by Gasteiger charge is -2.05. The van der Waals surface area contributed by atoms with Gasteiger partial charge in [-0.1, -0.05) is 6.07 Å². The van der Waals surface area contributed by atoms with Gasteiger partial charge in [0.15, 0.2) is 0 Å². The van der Waals surface area contributed by atoms with Crippen LogP contribution in [0.4, 0.5) is 5.69 Å². The van der Waals surface area contributed by atoms with E-state index in [2.05, 4.69) is 10.3 Å². The number of oxazole rings is 1. The third-order valence-corrected chi connectivity index (χ3v) is 2.43. The summed E-state index contributed by atoms with van der Waals surface area (Å²) >= 11 is 0. The van der Waals surface area contributed by atoms with Crippen molar-refractivity contribution < 1.29 is 9.21 Å². The first-order valence-corrected chi connectivity index (χ1v) is 5.63. The van der Waals surface area contributed by atoms with Crippen molar-refractivity contribution in [3.05, 3.63) is 47.2 Å². The standard InChI is InChI=1S/C13H15N3O2/c1-8-3-9(2)5-10(4-8)16-13(17)11-7-15-12(6-14)18-11/h3-5,7H,6,14H2,1-2H3,(H,16,17). The number of rotatable bonds is 3. The Bertz CT molecular complexity index is 555. The lowest BCUT2D eigenvalue weighted by atomic mass is 10.1. The number of anilines is 1. The van der Waals surface area contributed by atoms with Crippen molar-refractivity contribution >= 4 is 11.6 Å². The van der Waals surface area contributed by atoms with Crippen molar-refractivity contribution in [3.8, 4) is 0 Å². The molecule has 0 aliphatic rings. The van der Waals surface area contributed by atoms with Crippen LogP contribution in [-0.2, 0) is 6.54 Å². The van der Waals surface area contributed by atoms with Gasteiger partial charge in [-0.25, -0.2) is 4.98 Å². The highest BCUT2D eigenvalue weighted by Crippen LogP contribution is 2.15. The van der Waals surface area contributed by atoms with Crippen molar-refractivity contribution in [2.75, 3.05) is 5.32 Å². The third kappa shape index (κ3) is 2.75. The number of nitrogens with one attached hydrogen (secondary N) is 1. The van der Waals surface area contributed by atoms with E-state index in [0.29, 0.717) is 5.89 Å². The number of aryl methyl sites for hydroxylation is 2. The average molecular weight is 245 g/mol. The van der Waals surface area contributed by atoms with Crippen molar-refractivity contribution in [1.82, 2.24) is 4.98 Å². The van der Waals surface area contributed by atoms with Crippen LogP contribution in [0.15, 0.2) is 28.8 Å². The number of nitrogens with two attached hydrogens (primary N) is 1. The molecule has 0 aliphatic heterocycles. The Labute approximate surface area is 105 Å². The van der Waals surface area contributed by atoms with Crippen LogP contribution in [0, 0.1) is 13.8 Å². The number of hydrogen-bond acceptors (Lipinski definition) is 4. The van der Waals surface area contributed by atoms with Crippen molar-refractivity contribution in [3.63, 3.8) is 0 Å². The molecule has 2 rings (SSSR count). The molecule has 94 valence electrons. The van der Waals surface area contributed by atoms with Gasteiger partial charge in [0.2, 0.25) is 11.7 Å². The number of carbonyl (C=O) groups is 1. The van der Waals surface area contributed by atoms with E-state index in [1.54, 1.807) is 0 Å². The molecule has 1 amide bonds. The molecular weight excluding hydrogens is 230 g/mol. The summed E-state index contributed by atoms with van der Waals surface area (Å²) in [5.74, 6) is 0.183. The first-order valence-electron chi connectivity index (χ1n) is 5.63. The third-order valence-electron chi connectivity index (χ3n) is 2.43. The van der Waals surface area contributed by atoms with Gasteiger partial charge in [-0.15, -0.1) is 0 Å². The molecule has 0 spiro atoms. The summed E-state index contributed by atoms with van der Waals surface area (Å²) in [6.07, 6.45) is 1.38. The Morgan fingerprint density at radius 2 is 2.00 bits per heavy atom. The zero-order chi connectivity index (χ0) is 13.1. The Kier molecular flexibility index (Phi) is 3.43. The van der Waals surface area contributed by atoms with E-state index < -0.39 is 0 Å². The highest BCUT2D eigenvalue weighted by Gasteiger charge is 2.12. The van der Waals surface area contributed by atoms with Crippen LogP contribution in [0.5, 0.6) is 0 Å². The number of hydrogen-bond donors (Lipinski definition) is 2. The van der Waals surface area contributed by atoms with Gasteiger partial charge in [-0.2, -0.15) is 0 Å². The largest absolute Gasteiger partial charge is 0.434 e. The molecular formula is C13H15N3O2. The molecule has 0 unspecified atom stereocenters. The summed E-state index contributed by atoms with van der Waals surface area (Å²) < 4.78 is 5.18. The Morgan fingerprint density at radius 3 is 2.56 bits per heavy atom. The molecule has 1 aromatic carbocycles. The van der Waals surface area contributed by atoms with Crippen molar-refractivity contribution in [2.45, 2.75) is 20.4 Å². The van der Waals surface area contributed by atoms with Gasteiger partial charge < -0.3 is 15.5 Å². The van der Waals surface area contributed by atoms with Crippen LogP contribution in [-0.4, -0.2) is 10.9 Å². The topological polar surface area (TPSA) is 81.2 Å². The quantitative estimate of drug-likeness (QED) is 0.866. The number of aromatic nitrogens is 1. The molecule has 0 saturated carbocycles. The van der Waals surface area contributed by atoms with E-state index in [1.165, 1.54) is 6.20 Å². The molecule has 0 saturated heterocycles. The fourth-order valence-electron chi connectivity index (χ4n) is 1.75. The molecule has 0 bridgehead atoms. The van der Waals surface area contributed by atoms with Crippen LogP contribution in [0.1, 0.15) is 27.6 Å². The highest BCUT2D eigenvalue weighted by molar-refractivity contribution is 6.02. The van der Waals surface area contributed by atoms with E-state index in [9.17, 15) is 4.79 Å². The maximum Gasteiger partial charge on any atom is 0.293 e. The zero-order valence-electron chi connectivity index (χ0n) is 10.4. The molecule has 0 fully saturated rings. The first-order chi connectivity index (χ1) is 8.58. The highest BCUT2D eigenvalue weighted by atomic mass is 16.4.